The molecule has 0 amide bonds. The molecule has 0 aliphatic carbocycles. The van der Waals surface area contributed by atoms with Crippen LogP contribution in [0.5, 0.6) is 0 Å². The Balaban J connectivity index is 2.66. The van der Waals surface area contributed by atoms with Crippen molar-refractivity contribution >= 4 is 11.8 Å². The summed E-state index contributed by atoms with van der Waals surface area (Å²) in [6, 6.07) is 0. The fourth-order valence-electron chi connectivity index (χ4n) is 0.637. The summed E-state index contributed by atoms with van der Waals surface area (Å²) in [6.45, 7) is 5.88. The van der Waals surface area contributed by atoms with Crippen LogP contribution in [0.1, 0.15) is 26.2 Å². The van der Waals surface area contributed by atoms with Gasteiger partial charge in [-0.15, -0.1) is 6.58 Å². The first-order valence-electron chi connectivity index (χ1n) is 3.60. The molecule has 0 fully saturated rings. The van der Waals surface area contributed by atoms with Crippen molar-refractivity contribution < 1.29 is 0 Å². The Labute approximate surface area is 62.7 Å². The van der Waals surface area contributed by atoms with E-state index in [-0.39, 0.29) is 0 Å². The monoisotopic (exact) mass is 144 g/mol. The van der Waals surface area contributed by atoms with E-state index in [1.807, 2.05) is 17.8 Å². The lowest BCUT2D eigenvalue weighted by molar-refractivity contribution is 0.824. The van der Waals surface area contributed by atoms with Gasteiger partial charge in [-0.05, 0) is 30.8 Å². The van der Waals surface area contributed by atoms with Crippen molar-refractivity contribution in [1.29, 1.82) is 0 Å². The van der Waals surface area contributed by atoms with Crippen LogP contribution in [0.3, 0.4) is 0 Å². The number of hydrogen-bond donors (Lipinski definition) is 0. The van der Waals surface area contributed by atoms with Crippen LogP contribution in [0.2, 0.25) is 0 Å². The Morgan fingerprint density at radius 2 is 2.22 bits per heavy atom. The Morgan fingerprint density at radius 1 is 1.44 bits per heavy atom. The van der Waals surface area contributed by atoms with Gasteiger partial charge in [-0.1, -0.05) is 13.0 Å². The molecule has 0 aromatic heterocycles. The van der Waals surface area contributed by atoms with Crippen molar-refractivity contribution in [3.05, 3.63) is 12.7 Å². The minimum atomic E-state index is 1.18. The molecular weight excluding hydrogens is 128 g/mol. The largest absolute Gasteiger partial charge is 0.162 e. The van der Waals surface area contributed by atoms with Crippen molar-refractivity contribution in [3.8, 4) is 0 Å². The highest BCUT2D eigenvalue weighted by Crippen LogP contribution is 2.04. The third-order valence-corrected chi connectivity index (χ3v) is 2.14. The third kappa shape index (κ3) is 8.09. The summed E-state index contributed by atoms with van der Waals surface area (Å²) in [4.78, 5) is 0. The molecule has 0 saturated heterocycles. The SMILES string of the molecule is C=CCCCCSCC. The van der Waals surface area contributed by atoms with Gasteiger partial charge in [0.1, 0.15) is 0 Å². The van der Waals surface area contributed by atoms with Gasteiger partial charge in [0, 0.05) is 0 Å². The molecule has 54 valence electrons. The van der Waals surface area contributed by atoms with Crippen LogP contribution in [0.4, 0.5) is 0 Å². The molecule has 9 heavy (non-hydrogen) atoms. The maximum atomic E-state index is 3.67. The predicted octanol–water partition coefficient (Wildman–Crippen LogP) is 3.10. The Bertz CT molecular complexity index is 59.6. The zero-order valence-corrected chi connectivity index (χ0v) is 7.04. The lowest BCUT2D eigenvalue weighted by Crippen LogP contribution is -1.79. The molecule has 0 spiro atoms. The van der Waals surface area contributed by atoms with Crippen molar-refractivity contribution in [1.82, 2.24) is 0 Å². The molecule has 0 N–H and O–H groups in total. The molecule has 1 heteroatoms. The second kappa shape index (κ2) is 8.09. The highest BCUT2D eigenvalue weighted by atomic mass is 32.2. The van der Waals surface area contributed by atoms with Gasteiger partial charge in [-0.25, -0.2) is 0 Å². The quantitative estimate of drug-likeness (QED) is 0.408. The van der Waals surface area contributed by atoms with E-state index < -0.39 is 0 Å². The third-order valence-electron chi connectivity index (χ3n) is 1.15. The molecule has 0 rings (SSSR count). The van der Waals surface area contributed by atoms with Gasteiger partial charge < -0.3 is 0 Å². The molecule has 0 nitrogen and oxygen atoms in total. The molecule has 0 heterocycles. The molecule has 0 radical (unpaired) electrons. The van der Waals surface area contributed by atoms with E-state index in [1.165, 1.54) is 30.8 Å². The van der Waals surface area contributed by atoms with E-state index in [9.17, 15) is 0 Å². The van der Waals surface area contributed by atoms with Crippen molar-refractivity contribution in [2.45, 2.75) is 26.2 Å². The minimum absolute atomic E-state index is 1.18. The van der Waals surface area contributed by atoms with E-state index in [1.54, 1.807) is 0 Å². The molecule has 0 saturated carbocycles. The summed E-state index contributed by atoms with van der Waals surface area (Å²) >= 11 is 2.02. The van der Waals surface area contributed by atoms with Gasteiger partial charge in [0.2, 0.25) is 0 Å². The van der Waals surface area contributed by atoms with Gasteiger partial charge in [0.05, 0.1) is 0 Å². The molecule has 0 aromatic carbocycles. The van der Waals surface area contributed by atoms with Crippen molar-refractivity contribution in [3.63, 3.8) is 0 Å². The van der Waals surface area contributed by atoms with Crippen LogP contribution in [-0.2, 0) is 0 Å². The lowest BCUT2D eigenvalue weighted by Gasteiger charge is -1.94. The molecule has 0 unspecified atom stereocenters. The van der Waals surface area contributed by atoms with Crippen LogP contribution >= 0.6 is 11.8 Å². The number of allylic oxidation sites excluding steroid dienone is 1. The standard InChI is InChI=1S/C8H16S/c1-3-5-6-7-8-9-4-2/h3H,1,4-8H2,2H3. The van der Waals surface area contributed by atoms with Crippen LogP contribution in [0.25, 0.3) is 0 Å². The van der Waals surface area contributed by atoms with Gasteiger partial charge in [0.15, 0.2) is 0 Å². The highest BCUT2D eigenvalue weighted by Gasteiger charge is 1.84. The molecule has 0 aliphatic rings. The maximum Gasteiger partial charge on any atom is -0.00675 e. The number of unbranched alkanes of at least 4 members (excludes halogenated alkanes) is 2. The minimum Gasteiger partial charge on any atom is -0.162 e. The van der Waals surface area contributed by atoms with Crippen molar-refractivity contribution in [2.75, 3.05) is 11.5 Å². The summed E-state index contributed by atoms with van der Waals surface area (Å²) < 4.78 is 0. The second-order valence-corrected chi connectivity index (χ2v) is 3.38. The first-order valence-corrected chi connectivity index (χ1v) is 4.76. The topological polar surface area (TPSA) is 0 Å². The zero-order valence-electron chi connectivity index (χ0n) is 6.23. The fraction of sp³-hybridized carbons (Fsp3) is 0.750. The van der Waals surface area contributed by atoms with E-state index >= 15 is 0 Å². The molecule has 0 atom stereocenters. The zero-order chi connectivity index (χ0) is 6.95. The van der Waals surface area contributed by atoms with Gasteiger partial charge in [-0.2, -0.15) is 11.8 Å². The van der Waals surface area contributed by atoms with Crippen LogP contribution in [-0.4, -0.2) is 11.5 Å². The van der Waals surface area contributed by atoms with Crippen LogP contribution in [0, 0.1) is 0 Å². The van der Waals surface area contributed by atoms with Crippen LogP contribution in [0.15, 0.2) is 12.7 Å². The summed E-state index contributed by atoms with van der Waals surface area (Å²) in [6.07, 6.45) is 5.85. The number of hydrogen-bond acceptors (Lipinski definition) is 1. The van der Waals surface area contributed by atoms with E-state index in [0.717, 1.165) is 0 Å². The van der Waals surface area contributed by atoms with Crippen molar-refractivity contribution in [2.24, 2.45) is 0 Å². The molecular formula is C8H16S. The lowest BCUT2D eigenvalue weighted by atomic mass is 10.2. The smallest absolute Gasteiger partial charge is 0.00675 e. The average Bonchev–Trinajstić information content (AvgIpc) is 1.89. The van der Waals surface area contributed by atoms with Gasteiger partial charge in [-0.3, -0.25) is 0 Å². The van der Waals surface area contributed by atoms with E-state index in [0.29, 0.717) is 0 Å². The summed E-state index contributed by atoms with van der Waals surface area (Å²) in [7, 11) is 0. The fourth-order valence-corrected chi connectivity index (χ4v) is 1.33. The summed E-state index contributed by atoms with van der Waals surface area (Å²) in [5.74, 6) is 2.58. The van der Waals surface area contributed by atoms with Gasteiger partial charge in [0.25, 0.3) is 0 Å². The highest BCUT2D eigenvalue weighted by molar-refractivity contribution is 7.99. The normalized spacial score (nSPS) is 9.44. The Hall–Kier alpha value is 0.0900. The van der Waals surface area contributed by atoms with E-state index in [2.05, 4.69) is 13.5 Å². The summed E-state index contributed by atoms with van der Waals surface area (Å²) in [5, 5.41) is 0. The average molecular weight is 144 g/mol. The number of rotatable bonds is 6. The predicted molar refractivity (Wildman–Crippen MR) is 47.0 cm³/mol. The Kier molecular flexibility index (Phi) is 8.17. The van der Waals surface area contributed by atoms with Gasteiger partial charge >= 0.3 is 0 Å². The Morgan fingerprint density at radius 3 is 2.78 bits per heavy atom. The summed E-state index contributed by atoms with van der Waals surface area (Å²) in [5.41, 5.74) is 0. The molecule has 0 bridgehead atoms. The second-order valence-electron chi connectivity index (χ2n) is 1.98. The molecule has 0 aliphatic heterocycles. The molecule has 0 aromatic rings. The number of thioether (sulfide) groups is 1. The van der Waals surface area contributed by atoms with E-state index in [4.69, 9.17) is 0 Å². The first kappa shape index (κ1) is 9.09. The van der Waals surface area contributed by atoms with Crippen LogP contribution < -0.4 is 0 Å². The maximum absolute atomic E-state index is 3.67. The first-order chi connectivity index (χ1) is 4.41.